The number of carboxylic acids is 1. The number of likely N-dealkylation sites (N-methyl/N-ethyl adjacent to an activating group) is 1. The van der Waals surface area contributed by atoms with Gasteiger partial charge in [0.25, 0.3) is 5.91 Å². The first-order valence-electron chi connectivity index (χ1n) is 6.12. The summed E-state index contributed by atoms with van der Waals surface area (Å²) >= 11 is 1.52. The molecule has 1 aromatic heterocycles. The third kappa shape index (κ3) is 2.41. The Balaban J connectivity index is 2.18. The van der Waals surface area contributed by atoms with Gasteiger partial charge in [-0.1, -0.05) is 0 Å². The average molecular weight is 267 g/mol. The molecule has 1 atom stereocenters. The Morgan fingerprint density at radius 2 is 2.06 bits per heavy atom. The molecule has 1 heterocycles. The standard InChI is InChI=1S/C13H17NO3S/c1-8(13(16)17)14(2)12(15)11-7-9-5-3-4-6-10(9)18-11/h7-8H,3-6H2,1-2H3,(H,16,17). The van der Waals surface area contributed by atoms with E-state index in [0.717, 1.165) is 12.8 Å². The fourth-order valence-corrected chi connectivity index (χ4v) is 3.35. The average Bonchev–Trinajstić information content (AvgIpc) is 2.79. The van der Waals surface area contributed by atoms with Gasteiger partial charge in [-0.25, -0.2) is 4.79 Å². The Kier molecular flexibility index (Phi) is 3.71. The number of carboxylic acid groups (broad SMARTS) is 1. The van der Waals surface area contributed by atoms with E-state index in [2.05, 4.69) is 0 Å². The minimum Gasteiger partial charge on any atom is -0.480 e. The van der Waals surface area contributed by atoms with E-state index in [4.69, 9.17) is 5.11 Å². The van der Waals surface area contributed by atoms with Crippen LogP contribution in [0.2, 0.25) is 0 Å². The lowest BCUT2D eigenvalue weighted by Gasteiger charge is -2.20. The molecule has 98 valence electrons. The van der Waals surface area contributed by atoms with Crippen molar-refractivity contribution < 1.29 is 14.7 Å². The SMILES string of the molecule is CC(C(=O)O)N(C)C(=O)c1cc2c(s1)CCCC2. The van der Waals surface area contributed by atoms with Crippen molar-refractivity contribution in [2.45, 2.75) is 38.6 Å². The molecule has 0 saturated heterocycles. The fourth-order valence-electron chi connectivity index (χ4n) is 2.11. The van der Waals surface area contributed by atoms with E-state index in [-0.39, 0.29) is 5.91 Å². The molecule has 0 bridgehead atoms. The Bertz CT molecular complexity index is 457. The maximum atomic E-state index is 12.2. The molecule has 1 aliphatic rings. The van der Waals surface area contributed by atoms with E-state index < -0.39 is 12.0 Å². The Hall–Kier alpha value is -1.36. The normalized spacial score (nSPS) is 15.9. The van der Waals surface area contributed by atoms with Gasteiger partial charge in [0.1, 0.15) is 6.04 Å². The van der Waals surface area contributed by atoms with Gasteiger partial charge in [-0.2, -0.15) is 0 Å². The molecule has 5 heteroatoms. The van der Waals surface area contributed by atoms with Crippen LogP contribution in [0.5, 0.6) is 0 Å². The number of carbonyl (C=O) groups excluding carboxylic acids is 1. The van der Waals surface area contributed by atoms with Crippen LogP contribution in [-0.2, 0) is 17.6 Å². The quantitative estimate of drug-likeness (QED) is 0.913. The smallest absolute Gasteiger partial charge is 0.326 e. The summed E-state index contributed by atoms with van der Waals surface area (Å²) in [5.74, 6) is -1.17. The topological polar surface area (TPSA) is 57.6 Å². The first-order chi connectivity index (χ1) is 8.50. The second-order valence-electron chi connectivity index (χ2n) is 4.70. The molecule has 1 aromatic rings. The van der Waals surface area contributed by atoms with Crippen molar-refractivity contribution in [2.24, 2.45) is 0 Å². The van der Waals surface area contributed by atoms with Crippen LogP contribution in [0, 0.1) is 0 Å². The van der Waals surface area contributed by atoms with Crippen molar-refractivity contribution in [3.63, 3.8) is 0 Å². The third-order valence-electron chi connectivity index (χ3n) is 3.47. The number of rotatable bonds is 3. The number of amides is 1. The highest BCUT2D eigenvalue weighted by Crippen LogP contribution is 2.30. The van der Waals surface area contributed by atoms with Crippen molar-refractivity contribution in [1.82, 2.24) is 4.90 Å². The van der Waals surface area contributed by atoms with Crippen LogP contribution in [-0.4, -0.2) is 35.0 Å². The summed E-state index contributed by atoms with van der Waals surface area (Å²) in [6, 6.07) is 1.14. The van der Waals surface area contributed by atoms with Crippen LogP contribution in [0.1, 0.15) is 39.9 Å². The highest BCUT2D eigenvalue weighted by atomic mass is 32.1. The molecule has 18 heavy (non-hydrogen) atoms. The van der Waals surface area contributed by atoms with Gasteiger partial charge in [-0.05, 0) is 44.2 Å². The summed E-state index contributed by atoms with van der Waals surface area (Å²) in [6.07, 6.45) is 4.45. The highest BCUT2D eigenvalue weighted by molar-refractivity contribution is 7.14. The summed E-state index contributed by atoms with van der Waals surface area (Å²) < 4.78 is 0. The van der Waals surface area contributed by atoms with E-state index in [1.54, 1.807) is 7.05 Å². The van der Waals surface area contributed by atoms with Gasteiger partial charge < -0.3 is 10.0 Å². The van der Waals surface area contributed by atoms with Crippen LogP contribution >= 0.6 is 11.3 Å². The summed E-state index contributed by atoms with van der Waals surface area (Å²) in [4.78, 5) is 26.3. The molecule has 0 aliphatic heterocycles. The lowest BCUT2D eigenvalue weighted by Crippen LogP contribution is -2.39. The molecular formula is C13H17NO3S. The number of aryl methyl sites for hydroxylation is 2. The van der Waals surface area contributed by atoms with Gasteiger partial charge >= 0.3 is 5.97 Å². The predicted octanol–water partition coefficient (Wildman–Crippen LogP) is 2.17. The van der Waals surface area contributed by atoms with Crippen LogP contribution in [0.3, 0.4) is 0 Å². The number of carbonyl (C=O) groups is 2. The van der Waals surface area contributed by atoms with Crippen LogP contribution in [0.15, 0.2) is 6.07 Å². The summed E-state index contributed by atoms with van der Waals surface area (Å²) in [5.41, 5.74) is 1.27. The maximum Gasteiger partial charge on any atom is 0.326 e. The van der Waals surface area contributed by atoms with E-state index in [0.29, 0.717) is 4.88 Å². The Morgan fingerprint density at radius 1 is 1.39 bits per heavy atom. The highest BCUT2D eigenvalue weighted by Gasteiger charge is 2.25. The van der Waals surface area contributed by atoms with Crippen molar-refractivity contribution in [2.75, 3.05) is 7.05 Å². The van der Waals surface area contributed by atoms with Crippen LogP contribution < -0.4 is 0 Å². The van der Waals surface area contributed by atoms with Crippen LogP contribution in [0.4, 0.5) is 0 Å². The molecule has 0 saturated carbocycles. The molecule has 0 fully saturated rings. The second-order valence-corrected chi connectivity index (χ2v) is 5.83. The predicted molar refractivity (Wildman–Crippen MR) is 70.2 cm³/mol. The minimum atomic E-state index is -0.979. The number of fused-ring (bicyclic) bond motifs is 1. The zero-order valence-electron chi connectivity index (χ0n) is 10.6. The summed E-state index contributed by atoms with van der Waals surface area (Å²) in [5, 5.41) is 8.92. The van der Waals surface area contributed by atoms with Crippen molar-refractivity contribution in [3.05, 3.63) is 21.4 Å². The molecule has 4 nitrogen and oxygen atoms in total. The van der Waals surface area contributed by atoms with Gasteiger partial charge in [-0.15, -0.1) is 11.3 Å². The van der Waals surface area contributed by atoms with Gasteiger partial charge in [0.15, 0.2) is 0 Å². The molecule has 1 unspecified atom stereocenters. The molecule has 1 aliphatic carbocycles. The Labute approximate surface area is 110 Å². The molecule has 1 amide bonds. The maximum absolute atomic E-state index is 12.2. The number of aliphatic carboxylic acids is 1. The van der Waals surface area contributed by atoms with E-state index in [1.807, 2.05) is 6.07 Å². The van der Waals surface area contributed by atoms with Gasteiger partial charge in [0, 0.05) is 11.9 Å². The van der Waals surface area contributed by atoms with Crippen molar-refractivity contribution >= 4 is 23.2 Å². The minimum absolute atomic E-state index is 0.190. The van der Waals surface area contributed by atoms with Gasteiger partial charge in [0.2, 0.25) is 0 Å². The lowest BCUT2D eigenvalue weighted by atomic mass is 9.99. The Morgan fingerprint density at radius 3 is 2.67 bits per heavy atom. The number of hydrogen-bond acceptors (Lipinski definition) is 3. The van der Waals surface area contributed by atoms with Crippen molar-refractivity contribution in [3.8, 4) is 0 Å². The zero-order valence-corrected chi connectivity index (χ0v) is 11.4. The number of nitrogens with zero attached hydrogens (tertiary/aromatic N) is 1. The second kappa shape index (κ2) is 5.10. The van der Waals surface area contributed by atoms with Gasteiger partial charge in [0.05, 0.1) is 4.88 Å². The molecule has 2 rings (SSSR count). The van der Waals surface area contributed by atoms with Crippen LogP contribution in [0.25, 0.3) is 0 Å². The zero-order chi connectivity index (χ0) is 13.3. The molecule has 0 spiro atoms. The molecule has 0 radical (unpaired) electrons. The molecule has 1 N–H and O–H groups in total. The van der Waals surface area contributed by atoms with E-state index in [1.165, 1.54) is 46.4 Å². The lowest BCUT2D eigenvalue weighted by molar-refractivity contribution is -0.141. The number of hydrogen-bond donors (Lipinski definition) is 1. The third-order valence-corrected chi connectivity index (χ3v) is 4.69. The number of thiophene rings is 1. The van der Waals surface area contributed by atoms with E-state index >= 15 is 0 Å². The summed E-state index contributed by atoms with van der Waals surface area (Å²) in [6.45, 7) is 1.52. The fraction of sp³-hybridized carbons (Fsp3) is 0.538. The summed E-state index contributed by atoms with van der Waals surface area (Å²) in [7, 11) is 1.54. The van der Waals surface area contributed by atoms with E-state index in [9.17, 15) is 9.59 Å². The first-order valence-corrected chi connectivity index (χ1v) is 6.94. The van der Waals surface area contributed by atoms with Gasteiger partial charge in [-0.3, -0.25) is 4.79 Å². The monoisotopic (exact) mass is 267 g/mol. The molecular weight excluding hydrogens is 250 g/mol. The molecule has 0 aromatic carbocycles. The van der Waals surface area contributed by atoms with Crippen molar-refractivity contribution in [1.29, 1.82) is 0 Å². The largest absolute Gasteiger partial charge is 0.480 e. The first kappa shape index (κ1) is 13.1.